The number of nitrogens with zero attached hydrogens (tertiary/aromatic N) is 2. The van der Waals surface area contributed by atoms with E-state index >= 15 is 0 Å². The minimum Gasteiger partial charge on any atom is -0.385 e. The van der Waals surface area contributed by atoms with Gasteiger partial charge in [0.2, 0.25) is 0 Å². The van der Waals surface area contributed by atoms with Crippen LogP contribution < -0.4 is 16.0 Å². The summed E-state index contributed by atoms with van der Waals surface area (Å²) in [6.07, 6.45) is 7.63. The van der Waals surface area contributed by atoms with Crippen molar-refractivity contribution in [3.05, 3.63) is 30.3 Å². The van der Waals surface area contributed by atoms with Gasteiger partial charge in [-0.2, -0.15) is 0 Å². The predicted octanol–water partition coefficient (Wildman–Crippen LogP) is 3.31. The number of hydrogen-bond acceptors (Lipinski definition) is 4. The molecule has 7 heteroatoms. The van der Waals surface area contributed by atoms with E-state index in [1.807, 2.05) is 13.1 Å². The SMILES string of the molecule is CN=C(NCCCNc1ccccc1)NCC1(N2CCOCC2)CCCCC1.I. The van der Waals surface area contributed by atoms with E-state index in [1.54, 1.807) is 0 Å². The van der Waals surface area contributed by atoms with Gasteiger partial charge in [0.1, 0.15) is 0 Å². The lowest BCUT2D eigenvalue weighted by atomic mass is 9.80. The van der Waals surface area contributed by atoms with Gasteiger partial charge in [0.15, 0.2) is 5.96 Å². The third-order valence-corrected chi connectivity index (χ3v) is 6.02. The molecule has 1 saturated heterocycles. The van der Waals surface area contributed by atoms with Crippen LogP contribution in [0.2, 0.25) is 0 Å². The standard InChI is InChI=1S/C22H37N5O.HI/c1-23-21(25-14-8-13-24-20-9-4-2-5-10-20)26-19-22(11-6-3-7-12-22)27-15-17-28-18-16-27;/h2,4-5,9-10,24H,3,6-8,11-19H2,1H3,(H2,23,25,26);1H. The number of nitrogens with one attached hydrogen (secondary N) is 3. The summed E-state index contributed by atoms with van der Waals surface area (Å²) in [5.74, 6) is 0.915. The number of morpholine rings is 1. The molecule has 0 amide bonds. The molecule has 2 fully saturated rings. The summed E-state index contributed by atoms with van der Waals surface area (Å²) in [7, 11) is 1.86. The van der Waals surface area contributed by atoms with Gasteiger partial charge >= 0.3 is 0 Å². The highest BCUT2D eigenvalue weighted by atomic mass is 127. The van der Waals surface area contributed by atoms with Crippen molar-refractivity contribution in [2.45, 2.75) is 44.1 Å². The number of guanidine groups is 1. The molecule has 3 N–H and O–H groups in total. The molecule has 29 heavy (non-hydrogen) atoms. The van der Waals surface area contributed by atoms with Crippen LogP contribution in [-0.4, -0.2) is 69.4 Å². The number of anilines is 1. The molecule has 6 nitrogen and oxygen atoms in total. The summed E-state index contributed by atoms with van der Waals surface area (Å²) in [6.45, 7) is 6.66. The molecule has 0 spiro atoms. The van der Waals surface area contributed by atoms with Gasteiger partial charge in [-0.25, -0.2) is 0 Å². The van der Waals surface area contributed by atoms with Gasteiger partial charge in [-0.15, -0.1) is 24.0 Å². The maximum absolute atomic E-state index is 5.59. The molecule has 1 saturated carbocycles. The Balaban J connectivity index is 0.00000300. The first-order valence-corrected chi connectivity index (χ1v) is 10.9. The number of para-hydroxylation sites is 1. The largest absolute Gasteiger partial charge is 0.385 e. The Bertz CT molecular complexity index is 586. The number of benzene rings is 1. The third kappa shape index (κ3) is 7.61. The lowest BCUT2D eigenvalue weighted by Gasteiger charge is -2.48. The maximum Gasteiger partial charge on any atom is 0.191 e. The lowest BCUT2D eigenvalue weighted by molar-refractivity contribution is -0.0352. The van der Waals surface area contributed by atoms with Gasteiger partial charge in [0.05, 0.1) is 13.2 Å². The Kier molecular flexibility index (Phi) is 11.1. The summed E-state index contributed by atoms with van der Waals surface area (Å²) in [6, 6.07) is 10.4. The fourth-order valence-electron chi connectivity index (χ4n) is 4.41. The minimum atomic E-state index is 0. The van der Waals surface area contributed by atoms with E-state index in [2.05, 4.69) is 50.1 Å². The zero-order valence-electron chi connectivity index (χ0n) is 17.8. The molecular formula is C22H38IN5O. The number of halogens is 1. The maximum atomic E-state index is 5.59. The van der Waals surface area contributed by atoms with Crippen molar-refractivity contribution in [3.8, 4) is 0 Å². The third-order valence-electron chi connectivity index (χ3n) is 6.02. The van der Waals surface area contributed by atoms with Crippen molar-refractivity contribution in [2.24, 2.45) is 4.99 Å². The Morgan fingerprint density at radius 2 is 1.76 bits per heavy atom. The van der Waals surface area contributed by atoms with Gasteiger partial charge in [-0.05, 0) is 31.4 Å². The number of hydrogen-bond donors (Lipinski definition) is 3. The molecule has 1 aliphatic heterocycles. The first-order valence-electron chi connectivity index (χ1n) is 10.9. The van der Waals surface area contributed by atoms with Crippen LogP contribution in [-0.2, 0) is 4.74 Å². The van der Waals surface area contributed by atoms with Crippen molar-refractivity contribution >= 4 is 35.6 Å². The second-order valence-corrected chi connectivity index (χ2v) is 7.88. The highest BCUT2D eigenvalue weighted by Crippen LogP contribution is 2.33. The zero-order chi connectivity index (χ0) is 19.5. The molecule has 164 valence electrons. The van der Waals surface area contributed by atoms with Crippen molar-refractivity contribution < 1.29 is 4.74 Å². The molecular weight excluding hydrogens is 477 g/mol. The quantitative estimate of drug-likeness (QED) is 0.215. The summed E-state index contributed by atoms with van der Waals surface area (Å²) in [5.41, 5.74) is 1.43. The molecule has 2 aliphatic rings. The minimum absolute atomic E-state index is 0. The van der Waals surface area contributed by atoms with Gasteiger partial charge < -0.3 is 20.7 Å². The van der Waals surface area contributed by atoms with Crippen LogP contribution in [0.15, 0.2) is 35.3 Å². The van der Waals surface area contributed by atoms with E-state index in [9.17, 15) is 0 Å². The van der Waals surface area contributed by atoms with E-state index in [4.69, 9.17) is 4.74 Å². The molecule has 1 aliphatic carbocycles. The van der Waals surface area contributed by atoms with Gasteiger partial charge in [-0.3, -0.25) is 9.89 Å². The Labute approximate surface area is 193 Å². The molecule has 0 atom stereocenters. The van der Waals surface area contributed by atoms with E-state index < -0.39 is 0 Å². The van der Waals surface area contributed by atoms with Gasteiger partial charge in [0.25, 0.3) is 0 Å². The topological polar surface area (TPSA) is 60.9 Å². The molecule has 0 unspecified atom stereocenters. The van der Waals surface area contributed by atoms with Crippen LogP contribution in [0, 0.1) is 0 Å². The highest BCUT2D eigenvalue weighted by Gasteiger charge is 2.38. The molecule has 1 aromatic carbocycles. The van der Waals surface area contributed by atoms with Crippen molar-refractivity contribution in [1.29, 1.82) is 0 Å². The number of rotatable bonds is 8. The first-order chi connectivity index (χ1) is 13.8. The smallest absolute Gasteiger partial charge is 0.191 e. The summed E-state index contributed by atoms with van der Waals surface area (Å²) in [5, 5.41) is 10.5. The first kappa shape index (κ1) is 24.2. The van der Waals surface area contributed by atoms with Crippen molar-refractivity contribution in [2.75, 3.05) is 58.3 Å². The van der Waals surface area contributed by atoms with Crippen LogP contribution in [0.25, 0.3) is 0 Å². The normalized spacial score (nSPS) is 19.8. The number of aliphatic imine (C=N–C) groups is 1. The zero-order valence-corrected chi connectivity index (χ0v) is 20.1. The van der Waals surface area contributed by atoms with Crippen molar-refractivity contribution in [1.82, 2.24) is 15.5 Å². The highest BCUT2D eigenvalue weighted by molar-refractivity contribution is 14.0. The van der Waals surface area contributed by atoms with E-state index in [-0.39, 0.29) is 29.5 Å². The Morgan fingerprint density at radius 3 is 2.45 bits per heavy atom. The van der Waals surface area contributed by atoms with E-state index in [0.717, 1.165) is 58.3 Å². The summed E-state index contributed by atoms with van der Waals surface area (Å²) < 4.78 is 5.59. The molecule has 0 bridgehead atoms. The van der Waals surface area contributed by atoms with E-state index in [0.29, 0.717) is 0 Å². The predicted molar refractivity (Wildman–Crippen MR) is 133 cm³/mol. The fourth-order valence-corrected chi connectivity index (χ4v) is 4.41. The second-order valence-electron chi connectivity index (χ2n) is 7.88. The molecule has 1 aromatic rings. The molecule has 1 heterocycles. The Hall–Kier alpha value is -1.06. The molecule has 3 rings (SSSR count). The second kappa shape index (κ2) is 13.3. The van der Waals surface area contributed by atoms with Crippen LogP contribution >= 0.6 is 24.0 Å². The van der Waals surface area contributed by atoms with Crippen LogP contribution in [0.5, 0.6) is 0 Å². The molecule has 0 aromatic heterocycles. The average Bonchev–Trinajstić information content (AvgIpc) is 2.77. The van der Waals surface area contributed by atoms with Gasteiger partial charge in [0, 0.05) is 51.0 Å². The molecule has 0 radical (unpaired) electrons. The van der Waals surface area contributed by atoms with Crippen molar-refractivity contribution in [3.63, 3.8) is 0 Å². The summed E-state index contributed by atoms with van der Waals surface area (Å²) >= 11 is 0. The lowest BCUT2D eigenvalue weighted by Crippen LogP contribution is -2.60. The van der Waals surface area contributed by atoms with E-state index in [1.165, 1.54) is 37.8 Å². The van der Waals surface area contributed by atoms with Crippen LogP contribution in [0.1, 0.15) is 38.5 Å². The summed E-state index contributed by atoms with van der Waals surface area (Å²) in [4.78, 5) is 7.10. The van der Waals surface area contributed by atoms with Gasteiger partial charge in [-0.1, -0.05) is 37.5 Å². The number of ether oxygens (including phenoxy) is 1. The monoisotopic (exact) mass is 515 g/mol. The van der Waals surface area contributed by atoms with Crippen LogP contribution in [0.4, 0.5) is 5.69 Å². The average molecular weight is 515 g/mol. The Morgan fingerprint density at radius 1 is 1.03 bits per heavy atom. The van der Waals surface area contributed by atoms with Crippen LogP contribution in [0.3, 0.4) is 0 Å². The fraction of sp³-hybridized carbons (Fsp3) is 0.682.